The van der Waals surface area contributed by atoms with Crippen molar-refractivity contribution in [3.8, 4) is 33.9 Å². The number of ether oxygens (including phenoxy) is 2. The minimum absolute atomic E-state index is 0.116. The molecule has 0 saturated carbocycles. The monoisotopic (exact) mass is 637 g/mol. The SMILES string of the molecule is CNC(=O)c1c(-c2ccc(F)cc2)oc2cc(N(C)S(C)(=O)=O)c(-c3ccc(OC)c(C4Nc5cc(F)cc(F)c5O4)c3)cc12. The lowest BCUT2D eigenvalue weighted by atomic mass is 9.96. The van der Waals surface area contributed by atoms with Crippen molar-refractivity contribution in [1.82, 2.24) is 5.32 Å². The van der Waals surface area contributed by atoms with E-state index in [1.807, 2.05) is 0 Å². The molecule has 0 aliphatic carbocycles. The third-order valence-electron chi connectivity index (χ3n) is 7.56. The number of carbonyl (C=O) groups excluding carboxylic acids is 1. The molecular formula is C32H26F3N3O6S. The Morgan fingerprint density at radius 2 is 1.69 bits per heavy atom. The minimum atomic E-state index is -3.79. The summed E-state index contributed by atoms with van der Waals surface area (Å²) in [4.78, 5) is 13.2. The van der Waals surface area contributed by atoms with E-state index in [0.29, 0.717) is 39.5 Å². The average Bonchev–Trinajstić information content (AvgIpc) is 3.61. The van der Waals surface area contributed by atoms with E-state index in [1.54, 1.807) is 24.3 Å². The number of furan rings is 1. The van der Waals surface area contributed by atoms with Crippen molar-refractivity contribution in [3.63, 3.8) is 0 Å². The fraction of sp³-hybridized carbons (Fsp3) is 0.156. The molecule has 13 heteroatoms. The lowest BCUT2D eigenvalue weighted by molar-refractivity contribution is 0.0964. The maximum absolute atomic E-state index is 14.5. The molecule has 1 atom stereocenters. The Balaban J connectivity index is 1.57. The lowest BCUT2D eigenvalue weighted by Gasteiger charge is -2.22. The quantitative estimate of drug-likeness (QED) is 0.211. The number of carbonyl (C=O) groups is 1. The first-order valence-corrected chi connectivity index (χ1v) is 15.4. The molecule has 0 spiro atoms. The summed E-state index contributed by atoms with van der Waals surface area (Å²) in [6.45, 7) is 0. The van der Waals surface area contributed by atoms with Crippen molar-refractivity contribution in [2.75, 3.05) is 37.1 Å². The zero-order valence-corrected chi connectivity index (χ0v) is 25.2. The molecule has 1 amide bonds. The van der Waals surface area contributed by atoms with Gasteiger partial charge in [0.25, 0.3) is 5.91 Å². The minimum Gasteiger partial charge on any atom is -0.496 e. The van der Waals surface area contributed by atoms with Crippen molar-refractivity contribution in [1.29, 1.82) is 0 Å². The summed E-state index contributed by atoms with van der Waals surface area (Å²) in [5, 5.41) is 5.92. The maximum Gasteiger partial charge on any atom is 0.255 e. The van der Waals surface area contributed by atoms with E-state index in [2.05, 4.69) is 10.6 Å². The Morgan fingerprint density at radius 1 is 0.978 bits per heavy atom. The van der Waals surface area contributed by atoms with Crippen molar-refractivity contribution < 1.29 is 40.3 Å². The van der Waals surface area contributed by atoms with Crippen molar-refractivity contribution >= 4 is 38.3 Å². The summed E-state index contributed by atoms with van der Waals surface area (Å²) in [5.41, 5.74) is 2.43. The van der Waals surface area contributed by atoms with Crippen LogP contribution in [-0.4, -0.2) is 41.8 Å². The van der Waals surface area contributed by atoms with Crippen molar-refractivity contribution in [2.24, 2.45) is 0 Å². The Morgan fingerprint density at radius 3 is 2.36 bits per heavy atom. The highest BCUT2D eigenvalue weighted by atomic mass is 32.2. The first-order valence-electron chi connectivity index (χ1n) is 13.5. The van der Waals surface area contributed by atoms with Crippen LogP contribution < -0.4 is 24.4 Å². The third-order valence-corrected chi connectivity index (χ3v) is 8.75. The second kappa shape index (κ2) is 11.1. The molecule has 1 unspecified atom stereocenters. The Labute approximate surface area is 256 Å². The summed E-state index contributed by atoms with van der Waals surface area (Å²) in [6, 6.07) is 15.4. The van der Waals surface area contributed by atoms with Gasteiger partial charge in [0.05, 0.1) is 35.9 Å². The molecule has 0 radical (unpaired) electrons. The van der Waals surface area contributed by atoms with Gasteiger partial charge < -0.3 is 24.5 Å². The molecule has 232 valence electrons. The first kappa shape index (κ1) is 29.9. The molecule has 9 nitrogen and oxygen atoms in total. The molecule has 2 N–H and O–H groups in total. The number of sulfonamides is 1. The number of benzene rings is 4. The number of fused-ring (bicyclic) bond motifs is 2. The zero-order valence-electron chi connectivity index (χ0n) is 24.4. The van der Waals surface area contributed by atoms with Gasteiger partial charge in [-0.1, -0.05) is 6.07 Å². The fourth-order valence-corrected chi connectivity index (χ4v) is 5.79. The highest BCUT2D eigenvalue weighted by Crippen LogP contribution is 2.46. The second-order valence-electron chi connectivity index (χ2n) is 10.4. The van der Waals surface area contributed by atoms with E-state index < -0.39 is 39.6 Å². The summed E-state index contributed by atoms with van der Waals surface area (Å²) >= 11 is 0. The van der Waals surface area contributed by atoms with Crippen LogP contribution in [0.15, 0.2) is 71.1 Å². The Bertz CT molecular complexity index is 2100. The predicted octanol–water partition coefficient (Wildman–Crippen LogP) is 6.45. The number of methoxy groups -OCH3 is 1. The average molecular weight is 638 g/mol. The number of halogens is 3. The van der Waals surface area contributed by atoms with E-state index in [1.165, 1.54) is 51.5 Å². The van der Waals surface area contributed by atoms with Crippen LogP contribution in [0, 0.1) is 17.5 Å². The maximum atomic E-state index is 14.5. The summed E-state index contributed by atoms with van der Waals surface area (Å²) in [6.07, 6.45) is 0.0652. The largest absolute Gasteiger partial charge is 0.496 e. The number of anilines is 2. The van der Waals surface area contributed by atoms with Crippen molar-refractivity contribution in [2.45, 2.75) is 6.23 Å². The molecule has 6 rings (SSSR count). The normalized spacial score (nSPS) is 14.1. The molecular weight excluding hydrogens is 611 g/mol. The van der Waals surface area contributed by atoms with Gasteiger partial charge in [-0.2, -0.15) is 0 Å². The highest BCUT2D eigenvalue weighted by molar-refractivity contribution is 7.92. The van der Waals surface area contributed by atoms with E-state index in [-0.39, 0.29) is 34.0 Å². The fourth-order valence-electron chi connectivity index (χ4n) is 5.28. The van der Waals surface area contributed by atoms with Crippen LogP contribution in [0.1, 0.15) is 22.1 Å². The molecule has 1 aromatic heterocycles. The Hall–Kier alpha value is -5.17. The van der Waals surface area contributed by atoms with Gasteiger partial charge in [0.2, 0.25) is 10.0 Å². The van der Waals surface area contributed by atoms with E-state index >= 15 is 0 Å². The molecule has 0 bridgehead atoms. The van der Waals surface area contributed by atoms with Gasteiger partial charge in [-0.3, -0.25) is 9.10 Å². The van der Waals surface area contributed by atoms with Crippen LogP contribution in [0.25, 0.3) is 33.4 Å². The van der Waals surface area contributed by atoms with Crippen LogP contribution in [-0.2, 0) is 10.0 Å². The third kappa shape index (κ3) is 5.29. The van der Waals surface area contributed by atoms with Crippen LogP contribution in [0.4, 0.5) is 24.5 Å². The molecule has 5 aromatic rings. The second-order valence-corrected chi connectivity index (χ2v) is 12.4. The van der Waals surface area contributed by atoms with Gasteiger partial charge in [0, 0.05) is 48.8 Å². The van der Waals surface area contributed by atoms with Gasteiger partial charge in [-0.15, -0.1) is 0 Å². The first-order chi connectivity index (χ1) is 21.4. The molecule has 0 saturated heterocycles. The smallest absolute Gasteiger partial charge is 0.255 e. The van der Waals surface area contributed by atoms with Gasteiger partial charge in [-0.25, -0.2) is 21.6 Å². The predicted molar refractivity (Wildman–Crippen MR) is 164 cm³/mol. The van der Waals surface area contributed by atoms with E-state index in [0.717, 1.165) is 16.6 Å². The summed E-state index contributed by atoms with van der Waals surface area (Å²) < 4.78 is 86.2. The molecule has 2 heterocycles. The van der Waals surface area contributed by atoms with Gasteiger partial charge in [-0.05, 0) is 48.0 Å². The standard InChI is InChI=1S/C32H26F3N3O6S/c1-36-31(39)28-21-14-20(25(38(2)45(4,40)41)15-27(21)43-29(28)16-5-8-18(33)9-6-16)17-7-10-26(42-3)22(11-17)32-37-24-13-19(34)12-23(35)30(24)44-32/h5-15,32,37H,1-4H3,(H,36,39). The van der Waals surface area contributed by atoms with Crippen LogP contribution in [0.5, 0.6) is 11.5 Å². The summed E-state index contributed by atoms with van der Waals surface area (Å²) in [5.74, 6) is -2.24. The van der Waals surface area contributed by atoms with E-state index in [9.17, 15) is 26.4 Å². The van der Waals surface area contributed by atoms with Crippen LogP contribution in [0.2, 0.25) is 0 Å². The lowest BCUT2D eigenvalue weighted by Crippen LogP contribution is -2.25. The molecule has 45 heavy (non-hydrogen) atoms. The van der Waals surface area contributed by atoms with Gasteiger partial charge in [0.15, 0.2) is 17.8 Å². The molecule has 4 aromatic carbocycles. The number of rotatable bonds is 7. The highest BCUT2D eigenvalue weighted by Gasteiger charge is 2.31. The zero-order chi connectivity index (χ0) is 32.2. The van der Waals surface area contributed by atoms with Crippen molar-refractivity contribution in [3.05, 3.63) is 95.3 Å². The topological polar surface area (TPSA) is 110 Å². The molecule has 0 fully saturated rings. The summed E-state index contributed by atoms with van der Waals surface area (Å²) in [7, 11) is 0.486. The number of nitrogens with zero attached hydrogens (tertiary/aromatic N) is 1. The number of amides is 1. The number of nitrogens with one attached hydrogen (secondary N) is 2. The number of hydrogen-bond donors (Lipinski definition) is 2. The van der Waals surface area contributed by atoms with Gasteiger partial charge >= 0.3 is 0 Å². The van der Waals surface area contributed by atoms with Crippen LogP contribution >= 0.6 is 0 Å². The molecule has 1 aliphatic heterocycles. The van der Waals surface area contributed by atoms with Crippen LogP contribution in [0.3, 0.4) is 0 Å². The number of hydrogen-bond acceptors (Lipinski definition) is 7. The Kier molecular flexibility index (Phi) is 7.36. The van der Waals surface area contributed by atoms with E-state index in [4.69, 9.17) is 13.9 Å². The van der Waals surface area contributed by atoms with Gasteiger partial charge in [0.1, 0.15) is 28.7 Å². The molecule has 1 aliphatic rings.